The second-order valence-electron chi connectivity index (χ2n) is 3.58. The van der Waals surface area contributed by atoms with E-state index in [4.69, 9.17) is 11.6 Å². The summed E-state index contributed by atoms with van der Waals surface area (Å²) in [4.78, 5) is 3.66. The van der Waals surface area contributed by atoms with Gasteiger partial charge in [0.1, 0.15) is 5.52 Å². The summed E-state index contributed by atoms with van der Waals surface area (Å²) in [7, 11) is 0. The zero-order chi connectivity index (χ0) is 12.8. The minimum absolute atomic E-state index is 0.178. The Morgan fingerprint density at radius 1 is 1.24 bits per heavy atom. The van der Waals surface area contributed by atoms with E-state index in [1.165, 1.54) is 6.20 Å². The third-order valence-corrected chi connectivity index (χ3v) is 2.89. The Labute approximate surface area is 99.0 Å². The Morgan fingerprint density at radius 2 is 1.88 bits per heavy atom. The molecule has 1 heterocycles. The molecule has 0 aliphatic carbocycles. The Morgan fingerprint density at radius 3 is 2.47 bits per heavy atom. The van der Waals surface area contributed by atoms with Crippen LogP contribution in [0.4, 0.5) is 17.6 Å². The number of fused-ring (bicyclic) bond motifs is 1. The van der Waals surface area contributed by atoms with Crippen LogP contribution >= 0.6 is 11.6 Å². The predicted octanol–water partition coefficient (Wildman–Crippen LogP) is 4.35. The van der Waals surface area contributed by atoms with E-state index in [1.54, 1.807) is 6.92 Å². The first-order chi connectivity index (χ1) is 7.82. The zero-order valence-corrected chi connectivity index (χ0v) is 9.33. The molecular weight excluding hydrogens is 258 g/mol. The van der Waals surface area contributed by atoms with E-state index in [1.807, 2.05) is 0 Å². The SMILES string of the molecule is Cc1cnc2c(F)c(C(F)(F)F)ccc2c1Cl. The van der Waals surface area contributed by atoms with Crippen molar-refractivity contribution in [1.29, 1.82) is 0 Å². The fourth-order valence-electron chi connectivity index (χ4n) is 1.52. The lowest BCUT2D eigenvalue weighted by molar-refractivity contribution is -0.139. The Kier molecular flexibility index (Phi) is 2.73. The molecule has 90 valence electrons. The fourth-order valence-corrected chi connectivity index (χ4v) is 1.72. The smallest absolute Gasteiger partial charge is 0.253 e. The summed E-state index contributed by atoms with van der Waals surface area (Å²) in [6, 6.07) is 1.80. The van der Waals surface area contributed by atoms with Crippen molar-refractivity contribution in [3.63, 3.8) is 0 Å². The van der Waals surface area contributed by atoms with Gasteiger partial charge in [-0.05, 0) is 18.6 Å². The summed E-state index contributed by atoms with van der Waals surface area (Å²) >= 11 is 5.88. The van der Waals surface area contributed by atoms with Crippen molar-refractivity contribution < 1.29 is 17.6 Å². The van der Waals surface area contributed by atoms with Crippen LogP contribution in [0.25, 0.3) is 10.9 Å². The molecule has 0 saturated carbocycles. The van der Waals surface area contributed by atoms with Crippen LogP contribution in [0.2, 0.25) is 5.02 Å². The number of aryl methyl sites for hydroxylation is 1. The maximum Gasteiger partial charge on any atom is 0.419 e. The molecule has 0 radical (unpaired) electrons. The van der Waals surface area contributed by atoms with Gasteiger partial charge in [-0.25, -0.2) is 4.39 Å². The predicted molar refractivity (Wildman–Crippen MR) is 56.5 cm³/mol. The summed E-state index contributed by atoms with van der Waals surface area (Å²) in [5.74, 6) is -1.39. The van der Waals surface area contributed by atoms with Crippen LogP contribution in [-0.4, -0.2) is 4.98 Å². The lowest BCUT2D eigenvalue weighted by atomic mass is 10.1. The third-order valence-electron chi connectivity index (χ3n) is 2.39. The Hall–Kier alpha value is -1.36. The molecule has 0 fully saturated rings. The molecule has 2 rings (SSSR count). The van der Waals surface area contributed by atoms with E-state index in [-0.39, 0.29) is 15.9 Å². The highest BCUT2D eigenvalue weighted by Crippen LogP contribution is 2.35. The quantitative estimate of drug-likeness (QED) is 0.644. The van der Waals surface area contributed by atoms with Crippen molar-refractivity contribution in [2.45, 2.75) is 13.1 Å². The highest BCUT2D eigenvalue weighted by molar-refractivity contribution is 6.36. The van der Waals surface area contributed by atoms with Gasteiger partial charge < -0.3 is 0 Å². The number of nitrogens with zero attached hydrogens (tertiary/aromatic N) is 1. The second kappa shape index (κ2) is 3.84. The van der Waals surface area contributed by atoms with Crippen molar-refractivity contribution in [2.24, 2.45) is 0 Å². The monoisotopic (exact) mass is 263 g/mol. The van der Waals surface area contributed by atoms with Crippen LogP contribution in [0.5, 0.6) is 0 Å². The summed E-state index contributed by atoms with van der Waals surface area (Å²) < 4.78 is 51.0. The molecular formula is C11H6ClF4N. The topological polar surface area (TPSA) is 12.9 Å². The number of aromatic nitrogens is 1. The number of pyridine rings is 1. The van der Waals surface area contributed by atoms with Gasteiger partial charge in [-0.2, -0.15) is 13.2 Å². The number of hydrogen-bond acceptors (Lipinski definition) is 1. The number of halogens is 5. The van der Waals surface area contributed by atoms with Crippen LogP contribution < -0.4 is 0 Å². The Balaban J connectivity index is 2.83. The van der Waals surface area contributed by atoms with Crippen molar-refractivity contribution >= 4 is 22.5 Å². The van der Waals surface area contributed by atoms with E-state index < -0.39 is 17.6 Å². The van der Waals surface area contributed by atoms with E-state index in [2.05, 4.69) is 4.98 Å². The number of rotatable bonds is 0. The molecule has 1 aromatic heterocycles. The van der Waals surface area contributed by atoms with E-state index in [0.29, 0.717) is 11.6 Å². The number of hydrogen-bond donors (Lipinski definition) is 0. The molecule has 0 aliphatic rings. The van der Waals surface area contributed by atoms with Gasteiger partial charge in [0.05, 0.1) is 10.6 Å². The molecule has 0 amide bonds. The molecule has 0 unspecified atom stereocenters. The molecule has 0 spiro atoms. The van der Waals surface area contributed by atoms with Gasteiger partial charge >= 0.3 is 6.18 Å². The van der Waals surface area contributed by atoms with Crippen LogP contribution in [0.3, 0.4) is 0 Å². The maximum atomic E-state index is 13.6. The molecule has 0 N–H and O–H groups in total. The third kappa shape index (κ3) is 1.95. The molecule has 2 aromatic rings. The van der Waals surface area contributed by atoms with Crippen molar-refractivity contribution in [3.05, 3.63) is 40.3 Å². The number of benzene rings is 1. The van der Waals surface area contributed by atoms with Gasteiger partial charge in [0.15, 0.2) is 5.82 Å². The average molecular weight is 264 g/mol. The van der Waals surface area contributed by atoms with Gasteiger partial charge in [-0.3, -0.25) is 4.98 Å². The average Bonchev–Trinajstić information content (AvgIpc) is 2.22. The minimum Gasteiger partial charge on any atom is -0.253 e. The van der Waals surface area contributed by atoms with Gasteiger partial charge in [0.2, 0.25) is 0 Å². The summed E-state index contributed by atoms with van der Waals surface area (Å²) in [6.07, 6.45) is -3.49. The highest BCUT2D eigenvalue weighted by atomic mass is 35.5. The van der Waals surface area contributed by atoms with Crippen molar-refractivity contribution in [1.82, 2.24) is 4.98 Å². The maximum absolute atomic E-state index is 13.6. The van der Waals surface area contributed by atoms with Crippen LogP contribution in [0, 0.1) is 12.7 Å². The van der Waals surface area contributed by atoms with Gasteiger partial charge in [-0.15, -0.1) is 0 Å². The van der Waals surface area contributed by atoms with E-state index >= 15 is 0 Å². The minimum atomic E-state index is -4.74. The molecule has 1 nitrogen and oxygen atoms in total. The molecule has 0 saturated heterocycles. The summed E-state index contributed by atoms with van der Waals surface area (Å²) in [6.45, 7) is 1.64. The number of alkyl halides is 3. The molecule has 1 aromatic carbocycles. The van der Waals surface area contributed by atoms with Crippen molar-refractivity contribution in [2.75, 3.05) is 0 Å². The van der Waals surface area contributed by atoms with E-state index in [9.17, 15) is 17.6 Å². The van der Waals surface area contributed by atoms with Crippen LogP contribution in [-0.2, 0) is 6.18 Å². The molecule has 0 aliphatic heterocycles. The largest absolute Gasteiger partial charge is 0.419 e. The lowest BCUT2D eigenvalue weighted by Gasteiger charge is -2.10. The van der Waals surface area contributed by atoms with Gasteiger partial charge in [0.25, 0.3) is 0 Å². The standard InChI is InChI=1S/C11H6ClF4N/c1-5-4-17-10-6(8(5)12)2-3-7(9(10)13)11(14,15)16/h2-4H,1H3. The molecule has 6 heteroatoms. The normalized spacial score (nSPS) is 12.1. The Bertz CT molecular complexity index is 592. The van der Waals surface area contributed by atoms with Crippen molar-refractivity contribution in [3.8, 4) is 0 Å². The lowest BCUT2D eigenvalue weighted by Crippen LogP contribution is -2.08. The first kappa shape index (κ1) is 12.1. The van der Waals surface area contributed by atoms with Gasteiger partial charge in [0, 0.05) is 11.6 Å². The highest BCUT2D eigenvalue weighted by Gasteiger charge is 2.35. The zero-order valence-electron chi connectivity index (χ0n) is 8.57. The summed E-state index contributed by atoms with van der Waals surface area (Å²) in [5, 5.41) is 0.389. The fraction of sp³-hybridized carbons (Fsp3) is 0.182. The molecule has 0 bridgehead atoms. The van der Waals surface area contributed by atoms with Gasteiger partial charge in [-0.1, -0.05) is 17.7 Å². The first-order valence-corrected chi connectivity index (χ1v) is 5.00. The first-order valence-electron chi connectivity index (χ1n) is 4.63. The molecule has 17 heavy (non-hydrogen) atoms. The molecule has 0 atom stereocenters. The second-order valence-corrected chi connectivity index (χ2v) is 3.95. The summed E-state index contributed by atoms with van der Waals surface area (Å²) in [5.41, 5.74) is -1.12. The van der Waals surface area contributed by atoms with Crippen LogP contribution in [0.1, 0.15) is 11.1 Å². The van der Waals surface area contributed by atoms with E-state index in [0.717, 1.165) is 6.07 Å². The van der Waals surface area contributed by atoms with Crippen LogP contribution in [0.15, 0.2) is 18.3 Å².